The molecule has 1 aromatic heterocycles. The predicted octanol–water partition coefficient (Wildman–Crippen LogP) is 2.69. The molecule has 1 aliphatic carbocycles. The van der Waals surface area contributed by atoms with E-state index in [9.17, 15) is 0 Å². The van der Waals surface area contributed by atoms with Crippen molar-refractivity contribution in [2.45, 2.75) is 38.8 Å². The van der Waals surface area contributed by atoms with E-state index in [1.165, 1.54) is 12.8 Å². The van der Waals surface area contributed by atoms with Gasteiger partial charge in [-0.15, -0.1) is 0 Å². The number of hydrogen-bond acceptors (Lipinski definition) is 2. The van der Waals surface area contributed by atoms with E-state index in [0.717, 1.165) is 5.95 Å². The first-order chi connectivity index (χ1) is 6.18. The average molecular weight is 200 g/mol. The molecule has 3 nitrogen and oxygen atoms in total. The highest BCUT2D eigenvalue weighted by atomic mass is 35.5. The predicted molar refractivity (Wildman–Crippen MR) is 54.3 cm³/mol. The van der Waals surface area contributed by atoms with Crippen LogP contribution in [0, 0.1) is 0 Å². The number of aromatic nitrogens is 2. The average Bonchev–Trinajstić information content (AvgIpc) is 2.76. The number of halogens is 1. The minimum atomic E-state index is 0.358. The molecule has 0 bridgehead atoms. The monoisotopic (exact) mass is 199 g/mol. The molecule has 0 unspecified atom stereocenters. The first kappa shape index (κ1) is 8.88. The third-order valence-electron chi connectivity index (χ3n) is 2.18. The van der Waals surface area contributed by atoms with Gasteiger partial charge < -0.3 is 5.32 Å². The molecule has 1 aliphatic rings. The van der Waals surface area contributed by atoms with Crippen molar-refractivity contribution in [3.05, 3.63) is 11.3 Å². The minimum absolute atomic E-state index is 0.358. The third-order valence-corrected chi connectivity index (χ3v) is 2.46. The molecule has 1 fully saturated rings. The Hall–Kier alpha value is -0.700. The molecule has 1 N–H and O–H groups in total. The zero-order valence-electron chi connectivity index (χ0n) is 7.92. The Morgan fingerprint density at radius 3 is 2.85 bits per heavy atom. The molecule has 0 amide bonds. The minimum Gasteiger partial charge on any atom is -0.353 e. The maximum absolute atomic E-state index is 6.00. The highest BCUT2D eigenvalue weighted by molar-refractivity contribution is 6.29. The Kier molecular flexibility index (Phi) is 2.20. The Labute approximate surface area is 83.1 Å². The number of hydrogen-bond donors (Lipinski definition) is 1. The summed E-state index contributed by atoms with van der Waals surface area (Å²) in [7, 11) is 0. The number of nitrogens with one attached hydrogen (secondary N) is 1. The summed E-state index contributed by atoms with van der Waals surface area (Å²) in [5, 5.41) is 4.06. The van der Waals surface area contributed by atoms with Gasteiger partial charge in [0.15, 0.2) is 0 Å². The fourth-order valence-electron chi connectivity index (χ4n) is 1.35. The lowest BCUT2D eigenvalue weighted by Gasteiger charge is -2.13. The molecule has 0 aromatic carbocycles. The van der Waals surface area contributed by atoms with Crippen LogP contribution in [0.25, 0.3) is 0 Å². The van der Waals surface area contributed by atoms with Crippen LogP contribution in [0.15, 0.2) is 6.20 Å². The second kappa shape index (κ2) is 3.22. The van der Waals surface area contributed by atoms with E-state index in [2.05, 4.69) is 24.1 Å². The maximum Gasteiger partial charge on any atom is 0.204 e. The Morgan fingerprint density at radius 2 is 2.31 bits per heavy atom. The molecule has 0 spiro atoms. The SMILES string of the molecule is CC(C)n1c(Cl)cnc1NC1CC1. The smallest absolute Gasteiger partial charge is 0.204 e. The van der Waals surface area contributed by atoms with E-state index in [-0.39, 0.29) is 0 Å². The molecule has 4 heteroatoms. The normalized spacial score (nSPS) is 16.6. The summed E-state index contributed by atoms with van der Waals surface area (Å²) in [6.07, 6.45) is 4.21. The van der Waals surface area contributed by atoms with Gasteiger partial charge in [0, 0.05) is 12.1 Å². The highest BCUT2D eigenvalue weighted by Gasteiger charge is 2.23. The quantitative estimate of drug-likeness (QED) is 0.811. The van der Waals surface area contributed by atoms with Gasteiger partial charge in [-0.2, -0.15) is 0 Å². The molecular formula is C9H14ClN3. The van der Waals surface area contributed by atoms with Crippen LogP contribution < -0.4 is 5.32 Å². The summed E-state index contributed by atoms with van der Waals surface area (Å²) in [6, 6.07) is 0.979. The standard InChI is InChI=1S/C9H14ClN3/c1-6(2)13-8(10)5-11-9(13)12-7-3-4-7/h5-7H,3-4H2,1-2H3,(H,11,12). The van der Waals surface area contributed by atoms with Gasteiger partial charge >= 0.3 is 0 Å². The van der Waals surface area contributed by atoms with Crippen LogP contribution >= 0.6 is 11.6 Å². The van der Waals surface area contributed by atoms with E-state index in [1.54, 1.807) is 6.20 Å². The zero-order valence-corrected chi connectivity index (χ0v) is 8.67. The van der Waals surface area contributed by atoms with Gasteiger partial charge in [0.05, 0.1) is 6.20 Å². The first-order valence-corrected chi connectivity index (χ1v) is 5.05. The second-order valence-corrected chi connectivity index (χ2v) is 4.17. The van der Waals surface area contributed by atoms with Gasteiger partial charge in [-0.1, -0.05) is 11.6 Å². The number of nitrogens with zero attached hydrogens (tertiary/aromatic N) is 2. The van der Waals surface area contributed by atoms with E-state index in [0.29, 0.717) is 17.2 Å². The molecular weight excluding hydrogens is 186 g/mol. The van der Waals surface area contributed by atoms with Crippen LogP contribution in [0.1, 0.15) is 32.7 Å². The topological polar surface area (TPSA) is 29.9 Å². The van der Waals surface area contributed by atoms with Crippen molar-refractivity contribution in [3.63, 3.8) is 0 Å². The lowest BCUT2D eigenvalue weighted by Crippen LogP contribution is -2.10. The van der Waals surface area contributed by atoms with E-state index < -0.39 is 0 Å². The van der Waals surface area contributed by atoms with Gasteiger partial charge in [0.1, 0.15) is 5.15 Å². The fraction of sp³-hybridized carbons (Fsp3) is 0.667. The van der Waals surface area contributed by atoms with Crippen molar-refractivity contribution in [2.75, 3.05) is 5.32 Å². The molecule has 13 heavy (non-hydrogen) atoms. The zero-order chi connectivity index (χ0) is 9.42. The van der Waals surface area contributed by atoms with Crippen LogP contribution in [0.5, 0.6) is 0 Å². The molecule has 1 aromatic rings. The summed E-state index contributed by atoms with van der Waals surface area (Å²) < 4.78 is 2.01. The van der Waals surface area contributed by atoms with Crippen molar-refractivity contribution in [2.24, 2.45) is 0 Å². The number of imidazole rings is 1. The third kappa shape index (κ3) is 1.80. The van der Waals surface area contributed by atoms with Gasteiger partial charge in [0.2, 0.25) is 5.95 Å². The molecule has 2 rings (SSSR count). The molecule has 1 heterocycles. The fourth-order valence-corrected chi connectivity index (χ4v) is 1.67. The summed E-state index contributed by atoms with van der Waals surface area (Å²) in [6.45, 7) is 4.21. The Bertz CT molecular complexity index is 302. The van der Waals surface area contributed by atoms with Crippen molar-refractivity contribution in [3.8, 4) is 0 Å². The van der Waals surface area contributed by atoms with Gasteiger partial charge in [-0.3, -0.25) is 4.57 Å². The van der Waals surface area contributed by atoms with Crippen molar-refractivity contribution in [1.82, 2.24) is 9.55 Å². The van der Waals surface area contributed by atoms with E-state index in [4.69, 9.17) is 11.6 Å². The van der Waals surface area contributed by atoms with Crippen LogP contribution in [0.3, 0.4) is 0 Å². The lowest BCUT2D eigenvalue weighted by molar-refractivity contribution is 0.605. The van der Waals surface area contributed by atoms with E-state index in [1.807, 2.05) is 4.57 Å². The summed E-state index contributed by atoms with van der Waals surface area (Å²) in [5.41, 5.74) is 0. The van der Waals surface area contributed by atoms with Crippen molar-refractivity contribution < 1.29 is 0 Å². The Morgan fingerprint density at radius 1 is 1.62 bits per heavy atom. The van der Waals surface area contributed by atoms with Gasteiger partial charge in [0.25, 0.3) is 0 Å². The van der Waals surface area contributed by atoms with Gasteiger partial charge in [-0.05, 0) is 26.7 Å². The second-order valence-electron chi connectivity index (χ2n) is 3.79. The molecule has 0 aliphatic heterocycles. The van der Waals surface area contributed by atoms with E-state index >= 15 is 0 Å². The van der Waals surface area contributed by atoms with Crippen molar-refractivity contribution in [1.29, 1.82) is 0 Å². The van der Waals surface area contributed by atoms with Crippen LogP contribution in [-0.4, -0.2) is 15.6 Å². The maximum atomic E-state index is 6.00. The molecule has 0 radical (unpaired) electrons. The van der Waals surface area contributed by atoms with Crippen molar-refractivity contribution >= 4 is 17.5 Å². The largest absolute Gasteiger partial charge is 0.353 e. The summed E-state index contributed by atoms with van der Waals surface area (Å²) in [5.74, 6) is 0.905. The summed E-state index contributed by atoms with van der Waals surface area (Å²) >= 11 is 6.00. The number of anilines is 1. The molecule has 0 atom stereocenters. The first-order valence-electron chi connectivity index (χ1n) is 4.67. The number of rotatable bonds is 3. The molecule has 0 saturated heterocycles. The summed E-state index contributed by atoms with van der Waals surface area (Å²) in [4.78, 5) is 4.24. The highest BCUT2D eigenvalue weighted by Crippen LogP contribution is 2.27. The van der Waals surface area contributed by atoms with Crippen LogP contribution in [0.4, 0.5) is 5.95 Å². The van der Waals surface area contributed by atoms with Crippen LogP contribution in [0.2, 0.25) is 5.15 Å². The lowest BCUT2D eigenvalue weighted by atomic mass is 10.4. The Balaban J connectivity index is 2.22. The van der Waals surface area contributed by atoms with Crippen LogP contribution in [-0.2, 0) is 0 Å². The van der Waals surface area contributed by atoms with Gasteiger partial charge in [-0.25, -0.2) is 4.98 Å². The molecule has 72 valence electrons. The molecule has 1 saturated carbocycles.